The molecule has 4 nitrogen and oxygen atoms in total. The summed E-state index contributed by atoms with van der Waals surface area (Å²) in [6.45, 7) is 5.63. The van der Waals surface area contributed by atoms with Gasteiger partial charge in [-0.1, -0.05) is 6.92 Å². The highest BCUT2D eigenvalue weighted by molar-refractivity contribution is 5.14. The Balaban J connectivity index is 2.96. The molecule has 3 N–H and O–H groups in total. The van der Waals surface area contributed by atoms with Gasteiger partial charge in [0.1, 0.15) is 5.82 Å². The third kappa shape index (κ3) is 2.42. The number of nitrogens with zero attached hydrogens (tertiary/aromatic N) is 1. The third-order valence-electron chi connectivity index (χ3n) is 2.42. The van der Waals surface area contributed by atoms with E-state index in [0.717, 1.165) is 12.1 Å². The molecule has 1 atom stereocenters. The Morgan fingerprint density at radius 1 is 1.50 bits per heavy atom. The second-order valence-corrected chi connectivity index (χ2v) is 3.60. The molecule has 0 saturated carbocycles. The van der Waals surface area contributed by atoms with E-state index in [4.69, 9.17) is 5.73 Å². The fraction of sp³-hybridized carbons (Fsp3) is 0.600. The molecule has 0 fully saturated rings. The SMILES string of the molecule is CCC(N)Cc1nc(C)c(C)c(=O)[nH]1. The number of aryl methyl sites for hydroxylation is 1. The van der Waals surface area contributed by atoms with Gasteiger partial charge in [-0.2, -0.15) is 0 Å². The van der Waals surface area contributed by atoms with Crippen LogP contribution in [0.3, 0.4) is 0 Å². The quantitative estimate of drug-likeness (QED) is 0.744. The number of hydrogen-bond donors (Lipinski definition) is 2. The standard InChI is InChI=1S/C10H17N3O/c1-4-8(11)5-9-12-7(3)6(2)10(14)13-9/h8H,4-5,11H2,1-3H3,(H,12,13,14). The number of aromatic amines is 1. The van der Waals surface area contributed by atoms with Crippen molar-refractivity contribution in [1.82, 2.24) is 9.97 Å². The molecule has 4 heteroatoms. The lowest BCUT2D eigenvalue weighted by atomic mass is 10.1. The highest BCUT2D eigenvalue weighted by atomic mass is 16.1. The van der Waals surface area contributed by atoms with E-state index in [-0.39, 0.29) is 11.6 Å². The summed E-state index contributed by atoms with van der Waals surface area (Å²) >= 11 is 0. The number of nitrogens with two attached hydrogens (primary N) is 1. The first-order chi connectivity index (χ1) is 6.54. The van der Waals surface area contributed by atoms with Crippen LogP contribution in [0.2, 0.25) is 0 Å². The first-order valence-electron chi connectivity index (χ1n) is 4.86. The second kappa shape index (κ2) is 4.37. The molecule has 14 heavy (non-hydrogen) atoms. The number of hydrogen-bond acceptors (Lipinski definition) is 3. The van der Waals surface area contributed by atoms with Gasteiger partial charge in [0.25, 0.3) is 5.56 Å². The fourth-order valence-corrected chi connectivity index (χ4v) is 1.19. The maximum Gasteiger partial charge on any atom is 0.254 e. The highest BCUT2D eigenvalue weighted by Gasteiger charge is 2.06. The topological polar surface area (TPSA) is 71.8 Å². The zero-order valence-electron chi connectivity index (χ0n) is 8.92. The largest absolute Gasteiger partial charge is 0.327 e. The van der Waals surface area contributed by atoms with Crippen molar-refractivity contribution >= 4 is 0 Å². The fourth-order valence-electron chi connectivity index (χ4n) is 1.19. The van der Waals surface area contributed by atoms with Crippen LogP contribution in [-0.2, 0) is 6.42 Å². The van der Waals surface area contributed by atoms with Gasteiger partial charge in [0.05, 0.1) is 0 Å². The monoisotopic (exact) mass is 195 g/mol. The van der Waals surface area contributed by atoms with Crippen LogP contribution >= 0.6 is 0 Å². The molecule has 0 aliphatic heterocycles. The van der Waals surface area contributed by atoms with Crippen molar-refractivity contribution in [2.24, 2.45) is 5.73 Å². The van der Waals surface area contributed by atoms with Crippen LogP contribution < -0.4 is 11.3 Å². The summed E-state index contributed by atoms with van der Waals surface area (Å²) in [6.07, 6.45) is 1.52. The lowest BCUT2D eigenvalue weighted by Crippen LogP contribution is -2.25. The molecule has 1 unspecified atom stereocenters. The van der Waals surface area contributed by atoms with Crippen molar-refractivity contribution in [1.29, 1.82) is 0 Å². The van der Waals surface area contributed by atoms with Crippen LogP contribution in [0, 0.1) is 13.8 Å². The number of rotatable bonds is 3. The van der Waals surface area contributed by atoms with Gasteiger partial charge in [-0.15, -0.1) is 0 Å². The van der Waals surface area contributed by atoms with E-state index in [2.05, 4.69) is 9.97 Å². The van der Waals surface area contributed by atoms with Gasteiger partial charge in [-0.25, -0.2) is 4.98 Å². The van der Waals surface area contributed by atoms with Crippen molar-refractivity contribution in [2.45, 2.75) is 39.7 Å². The van der Waals surface area contributed by atoms with E-state index in [1.54, 1.807) is 6.92 Å². The first-order valence-corrected chi connectivity index (χ1v) is 4.86. The van der Waals surface area contributed by atoms with Crippen LogP contribution in [0.5, 0.6) is 0 Å². The second-order valence-electron chi connectivity index (χ2n) is 3.60. The Morgan fingerprint density at radius 3 is 2.64 bits per heavy atom. The summed E-state index contributed by atoms with van der Waals surface area (Å²) < 4.78 is 0. The average molecular weight is 195 g/mol. The Kier molecular flexibility index (Phi) is 3.41. The predicted octanol–water partition coefficient (Wildman–Crippen LogP) is 0.667. The molecule has 0 saturated heterocycles. The van der Waals surface area contributed by atoms with Crippen LogP contribution in [0.1, 0.15) is 30.4 Å². The molecule has 1 aromatic rings. The summed E-state index contributed by atoms with van der Waals surface area (Å²) in [5, 5.41) is 0. The molecule has 0 amide bonds. The minimum Gasteiger partial charge on any atom is -0.327 e. The molecule has 0 aliphatic carbocycles. The van der Waals surface area contributed by atoms with E-state index < -0.39 is 0 Å². The van der Waals surface area contributed by atoms with Crippen LogP contribution in [0.25, 0.3) is 0 Å². The third-order valence-corrected chi connectivity index (χ3v) is 2.42. The molecule has 0 aromatic carbocycles. The zero-order chi connectivity index (χ0) is 10.7. The van der Waals surface area contributed by atoms with Crippen LogP contribution in [0.4, 0.5) is 0 Å². The Morgan fingerprint density at radius 2 is 2.14 bits per heavy atom. The highest BCUT2D eigenvalue weighted by Crippen LogP contribution is 2.00. The van der Waals surface area contributed by atoms with E-state index in [9.17, 15) is 4.79 Å². The Hall–Kier alpha value is -1.16. The zero-order valence-corrected chi connectivity index (χ0v) is 8.92. The normalized spacial score (nSPS) is 12.9. The summed E-state index contributed by atoms with van der Waals surface area (Å²) in [6, 6.07) is 0.0697. The van der Waals surface area contributed by atoms with E-state index in [1.807, 2.05) is 13.8 Å². The molecular weight excluding hydrogens is 178 g/mol. The van der Waals surface area contributed by atoms with E-state index in [0.29, 0.717) is 17.8 Å². The van der Waals surface area contributed by atoms with Crippen molar-refractivity contribution in [3.63, 3.8) is 0 Å². The van der Waals surface area contributed by atoms with Gasteiger partial charge in [0.15, 0.2) is 0 Å². The molecule has 0 bridgehead atoms. The average Bonchev–Trinajstić information content (AvgIpc) is 2.14. The minimum atomic E-state index is -0.0594. The molecule has 1 rings (SSSR count). The lowest BCUT2D eigenvalue weighted by Gasteiger charge is -2.08. The first kappa shape index (κ1) is 10.9. The van der Waals surface area contributed by atoms with Gasteiger partial charge in [0.2, 0.25) is 0 Å². The van der Waals surface area contributed by atoms with Crippen molar-refractivity contribution in [3.8, 4) is 0 Å². The molecule has 0 radical (unpaired) electrons. The van der Waals surface area contributed by atoms with Crippen LogP contribution in [0.15, 0.2) is 4.79 Å². The Bertz CT molecular complexity index is 370. The van der Waals surface area contributed by atoms with Crippen molar-refractivity contribution in [3.05, 3.63) is 27.4 Å². The predicted molar refractivity (Wildman–Crippen MR) is 56.3 cm³/mol. The minimum absolute atomic E-state index is 0.0594. The number of nitrogens with one attached hydrogen (secondary N) is 1. The molecule has 0 aliphatic rings. The number of H-pyrrole nitrogens is 1. The summed E-state index contributed by atoms with van der Waals surface area (Å²) in [5.74, 6) is 0.687. The molecule has 78 valence electrons. The molecule has 1 heterocycles. The maximum absolute atomic E-state index is 11.4. The van der Waals surface area contributed by atoms with E-state index >= 15 is 0 Å². The van der Waals surface area contributed by atoms with Gasteiger partial charge < -0.3 is 10.7 Å². The summed E-state index contributed by atoms with van der Waals surface area (Å²) in [4.78, 5) is 18.4. The van der Waals surface area contributed by atoms with Crippen molar-refractivity contribution in [2.75, 3.05) is 0 Å². The summed E-state index contributed by atoms with van der Waals surface area (Å²) in [7, 11) is 0. The molecule has 1 aromatic heterocycles. The Labute approximate surface area is 83.6 Å². The van der Waals surface area contributed by atoms with Gasteiger partial charge in [-0.3, -0.25) is 4.79 Å². The van der Waals surface area contributed by atoms with Crippen molar-refractivity contribution < 1.29 is 0 Å². The van der Waals surface area contributed by atoms with Gasteiger partial charge in [-0.05, 0) is 20.3 Å². The van der Waals surface area contributed by atoms with Gasteiger partial charge in [0, 0.05) is 23.7 Å². The van der Waals surface area contributed by atoms with Crippen LogP contribution in [-0.4, -0.2) is 16.0 Å². The molecule has 0 spiro atoms. The maximum atomic E-state index is 11.4. The number of aromatic nitrogens is 2. The van der Waals surface area contributed by atoms with Gasteiger partial charge >= 0.3 is 0 Å². The molecular formula is C10H17N3O. The lowest BCUT2D eigenvalue weighted by molar-refractivity contribution is 0.620. The van der Waals surface area contributed by atoms with E-state index in [1.165, 1.54) is 0 Å². The smallest absolute Gasteiger partial charge is 0.254 e. The summed E-state index contributed by atoms with van der Waals surface area (Å²) in [5.41, 5.74) is 7.19.